The fraction of sp³-hybridized carbons (Fsp3) is 0.462. The molecule has 3 nitrogen and oxygen atoms in total. The quantitative estimate of drug-likeness (QED) is 0.631. The maximum absolute atomic E-state index is 13.4. The molecule has 94 valence electrons. The first kappa shape index (κ1) is 13.5. The number of nitrogens with one attached hydrogen (secondary N) is 1. The lowest BCUT2D eigenvalue weighted by atomic mass is 10.1. The van der Waals surface area contributed by atoms with Crippen LogP contribution in [0.3, 0.4) is 0 Å². The van der Waals surface area contributed by atoms with E-state index in [0.717, 1.165) is 11.5 Å². The van der Waals surface area contributed by atoms with Crippen molar-refractivity contribution in [1.29, 1.82) is 0 Å². The lowest BCUT2D eigenvalue weighted by Gasteiger charge is -2.22. The number of halogens is 1. The van der Waals surface area contributed by atoms with Crippen LogP contribution in [0, 0.1) is 12.7 Å². The molecule has 1 atom stereocenters. The minimum Gasteiger partial charge on any atom is -0.350 e. The first-order valence-electron chi connectivity index (χ1n) is 5.62. The number of hydrogen-bond donors (Lipinski definition) is 1. The van der Waals surface area contributed by atoms with Crippen molar-refractivity contribution in [2.75, 3.05) is 21.1 Å². The summed E-state index contributed by atoms with van der Waals surface area (Å²) < 4.78 is 13.4. The van der Waals surface area contributed by atoms with Crippen LogP contribution >= 0.6 is 0 Å². The zero-order valence-corrected chi connectivity index (χ0v) is 11.1. The highest BCUT2D eigenvalue weighted by Gasteiger charge is 2.10. The molecule has 1 aromatic carbocycles. The molecule has 0 aliphatic heterocycles. The molecule has 4 heteroatoms. The van der Waals surface area contributed by atoms with Crippen LogP contribution < -0.4 is 5.32 Å². The Morgan fingerprint density at radius 2 is 2.06 bits per heavy atom. The molecule has 0 bridgehead atoms. The third-order valence-electron chi connectivity index (χ3n) is 2.68. The number of guanidine groups is 1. The molecule has 0 heterocycles. The summed E-state index contributed by atoms with van der Waals surface area (Å²) in [6, 6.07) is 5.31. The van der Waals surface area contributed by atoms with Crippen LogP contribution in [0.25, 0.3) is 0 Å². The molecule has 0 fully saturated rings. The van der Waals surface area contributed by atoms with E-state index in [9.17, 15) is 4.39 Å². The van der Waals surface area contributed by atoms with Gasteiger partial charge in [0.2, 0.25) is 0 Å². The number of benzene rings is 1. The second kappa shape index (κ2) is 5.66. The van der Waals surface area contributed by atoms with E-state index in [1.165, 1.54) is 0 Å². The Morgan fingerprint density at radius 3 is 2.53 bits per heavy atom. The van der Waals surface area contributed by atoms with Gasteiger partial charge in [-0.3, -0.25) is 4.99 Å². The zero-order valence-electron chi connectivity index (χ0n) is 11.1. The lowest BCUT2D eigenvalue weighted by molar-refractivity contribution is 0.554. The Morgan fingerprint density at radius 1 is 1.41 bits per heavy atom. The Bertz CT molecular complexity index is 413. The Labute approximate surface area is 102 Å². The number of hydrogen-bond acceptors (Lipinski definition) is 1. The van der Waals surface area contributed by atoms with Gasteiger partial charge < -0.3 is 10.2 Å². The van der Waals surface area contributed by atoms with Gasteiger partial charge in [0.15, 0.2) is 5.96 Å². The minimum atomic E-state index is -0.170. The Hall–Kier alpha value is -1.58. The first-order valence-corrected chi connectivity index (χ1v) is 5.62. The molecule has 0 spiro atoms. The summed E-state index contributed by atoms with van der Waals surface area (Å²) in [5.41, 5.74) is 1.58. The topological polar surface area (TPSA) is 27.6 Å². The summed E-state index contributed by atoms with van der Waals surface area (Å²) in [7, 11) is 5.56. The van der Waals surface area contributed by atoms with Crippen molar-refractivity contribution < 1.29 is 4.39 Å². The van der Waals surface area contributed by atoms with Gasteiger partial charge in [-0.25, -0.2) is 4.39 Å². The molecule has 0 amide bonds. The van der Waals surface area contributed by atoms with Crippen molar-refractivity contribution in [3.8, 4) is 0 Å². The summed E-state index contributed by atoms with van der Waals surface area (Å²) in [4.78, 5) is 6.02. The highest BCUT2D eigenvalue weighted by atomic mass is 19.1. The minimum absolute atomic E-state index is 0.0196. The third-order valence-corrected chi connectivity index (χ3v) is 2.68. The predicted molar refractivity (Wildman–Crippen MR) is 69.7 cm³/mol. The maximum atomic E-state index is 13.4. The van der Waals surface area contributed by atoms with Crippen molar-refractivity contribution >= 4 is 5.96 Å². The van der Waals surface area contributed by atoms with Gasteiger partial charge in [0.1, 0.15) is 5.82 Å². The van der Waals surface area contributed by atoms with E-state index in [-0.39, 0.29) is 11.9 Å². The van der Waals surface area contributed by atoms with Gasteiger partial charge >= 0.3 is 0 Å². The fourth-order valence-corrected chi connectivity index (χ4v) is 1.55. The number of aryl methyl sites for hydroxylation is 1. The van der Waals surface area contributed by atoms with Crippen LogP contribution in [0.5, 0.6) is 0 Å². The van der Waals surface area contributed by atoms with Crippen LogP contribution in [-0.4, -0.2) is 32.0 Å². The van der Waals surface area contributed by atoms with E-state index in [4.69, 9.17) is 0 Å². The van der Waals surface area contributed by atoms with Gasteiger partial charge in [0, 0.05) is 21.1 Å². The van der Waals surface area contributed by atoms with Crippen molar-refractivity contribution in [2.45, 2.75) is 19.9 Å². The number of aliphatic imine (C=N–C) groups is 1. The molecule has 0 aliphatic rings. The van der Waals surface area contributed by atoms with E-state index in [1.54, 1.807) is 26.1 Å². The standard InChI is InChI=1S/C13H20FN3/c1-9-6-7-11(8-12(9)14)10(2)16-13(15-3)17(4)5/h6-8,10H,1-5H3,(H,15,16). The van der Waals surface area contributed by atoms with Gasteiger partial charge in [0.25, 0.3) is 0 Å². The van der Waals surface area contributed by atoms with Crippen LogP contribution in [0.4, 0.5) is 4.39 Å². The van der Waals surface area contributed by atoms with Gasteiger partial charge in [-0.05, 0) is 31.0 Å². The summed E-state index contributed by atoms with van der Waals surface area (Å²) in [6.45, 7) is 3.74. The van der Waals surface area contributed by atoms with Gasteiger partial charge in [0.05, 0.1) is 6.04 Å². The highest BCUT2D eigenvalue weighted by molar-refractivity contribution is 5.79. The second-order valence-electron chi connectivity index (χ2n) is 4.32. The van der Waals surface area contributed by atoms with Gasteiger partial charge in [-0.1, -0.05) is 12.1 Å². The van der Waals surface area contributed by atoms with Crippen LogP contribution in [0.2, 0.25) is 0 Å². The molecule has 0 saturated carbocycles. The normalized spacial score (nSPS) is 13.4. The monoisotopic (exact) mass is 237 g/mol. The van der Waals surface area contributed by atoms with E-state index < -0.39 is 0 Å². The SMILES string of the molecule is CN=C(NC(C)c1ccc(C)c(F)c1)N(C)C. The summed E-state index contributed by atoms with van der Waals surface area (Å²) >= 11 is 0. The van der Waals surface area contributed by atoms with Gasteiger partial charge in [-0.2, -0.15) is 0 Å². The molecule has 17 heavy (non-hydrogen) atoms. The molecule has 1 rings (SSSR count). The van der Waals surface area contributed by atoms with E-state index in [2.05, 4.69) is 10.3 Å². The smallest absolute Gasteiger partial charge is 0.193 e. The average Bonchev–Trinajstić information content (AvgIpc) is 2.28. The Balaban J connectivity index is 2.82. The number of rotatable bonds is 2. The molecule has 0 saturated heterocycles. The zero-order chi connectivity index (χ0) is 13.0. The third kappa shape index (κ3) is 3.44. The summed E-state index contributed by atoms with van der Waals surface area (Å²) in [5.74, 6) is 0.606. The van der Waals surface area contributed by atoms with Crippen molar-refractivity contribution in [2.24, 2.45) is 4.99 Å². The average molecular weight is 237 g/mol. The molecule has 0 radical (unpaired) electrons. The molecule has 1 unspecified atom stereocenters. The van der Waals surface area contributed by atoms with Crippen molar-refractivity contribution in [3.05, 3.63) is 35.1 Å². The Kier molecular flexibility index (Phi) is 4.49. The van der Waals surface area contributed by atoms with Crippen LogP contribution in [0.1, 0.15) is 24.1 Å². The molecule has 0 aliphatic carbocycles. The van der Waals surface area contributed by atoms with E-state index in [1.807, 2.05) is 32.0 Å². The molecule has 1 N–H and O–H groups in total. The van der Waals surface area contributed by atoms with Crippen molar-refractivity contribution in [3.63, 3.8) is 0 Å². The largest absolute Gasteiger partial charge is 0.350 e. The van der Waals surface area contributed by atoms with E-state index in [0.29, 0.717) is 5.56 Å². The molecular formula is C13H20FN3. The van der Waals surface area contributed by atoms with Gasteiger partial charge in [-0.15, -0.1) is 0 Å². The number of nitrogens with zero attached hydrogens (tertiary/aromatic N) is 2. The van der Waals surface area contributed by atoms with Crippen LogP contribution in [0.15, 0.2) is 23.2 Å². The predicted octanol–water partition coefficient (Wildman–Crippen LogP) is 2.33. The first-order chi connectivity index (χ1) is 7.95. The fourth-order valence-electron chi connectivity index (χ4n) is 1.55. The maximum Gasteiger partial charge on any atom is 0.193 e. The second-order valence-corrected chi connectivity index (χ2v) is 4.32. The summed E-state index contributed by atoms with van der Waals surface area (Å²) in [5, 5.41) is 3.24. The van der Waals surface area contributed by atoms with Crippen molar-refractivity contribution in [1.82, 2.24) is 10.2 Å². The summed E-state index contributed by atoms with van der Waals surface area (Å²) in [6.07, 6.45) is 0. The molecule has 1 aromatic rings. The molecule has 0 aromatic heterocycles. The highest BCUT2D eigenvalue weighted by Crippen LogP contribution is 2.16. The molecular weight excluding hydrogens is 217 g/mol. The van der Waals surface area contributed by atoms with Crippen LogP contribution in [-0.2, 0) is 0 Å². The van der Waals surface area contributed by atoms with E-state index >= 15 is 0 Å². The lowest BCUT2D eigenvalue weighted by Crippen LogP contribution is -2.37.